The maximum absolute atomic E-state index is 12.1. The van der Waals surface area contributed by atoms with Gasteiger partial charge in [0.1, 0.15) is 0 Å². The molecule has 1 saturated carbocycles. The first kappa shape index (κ1) is 15.4. The molecule has 1 fully saturated rings. The minimum absolute atomic E-state index is 0.162. The molecule has 2 unspecified atom stereocenters. The Labute approximate surface area is 126 Å². The van der Waals surface area contributed by atoms with Crippen LogP contribution in [0.4, 0.5) is 0 Å². The molecule has 0 spiro atoms. The summed E-state index contributed by atoms with van der Waals surface area (Å²) in [6.45, 7) is 2.10. The summed E-state index contributed by atoms with van der Waals surface area (Å²) < 4.78 is 0. The molecule has 20 heavy (non-hydrogen) atoms. The smallest absolute Gasteiger partial charge is 0.220 e. The zero-order valence-electron chi connectivity index (χ0n) is 12.2. The number of halogens is 1. The quantitative estimate of drug-likeness (QED) is 0.821. The van der Waals surface area contributed by atoms with Gasteiger partial charge in [-0.25, -0.2) is 0 Å². The van der Waals surface area contributed by atoms with E-state index in [2.05, 4.69) is 24.4 Å². The lowest BCUT2D eigenvalue weighted by Crippen LogP contribution is -2.42. The van der Waals surface area contributed by atoms with E-state index in [1.165, 1.54) is 24.0 Å². The fraction of sp³-hybridized carbons (Fsp3) is 0.588. The summed E-state index contributed by atoms with van der Waals surface area (Å²) in [6.07, 6.45) is 6.05. The molecule has 0 radical (unpaired) electrons. The third-order valence-corrected chi connectivity index (χ3v) is 4.73. The predicted molar refractivity (Wildman–Crippen MR) is 84.1 cm³/mol. The topological polar surface area (TPSA) is 29.1 Å². The standard InChI is InChI=1S/C17H24ClNO/c1-13-6-2-3-7-14(13)10-11-17(20)19-16-9-5-4-8-15(16)12-18/h2-3,6-7,15-16H,4-5,8-12H2,1H3,(H,19,20). The molecular formula is C17H24ClNO. The molecule has 1 aliphatic carbocycles. The number of rotatable bonds is 5. The van der Waals surface area contributed by atoms with Gasteiger partial charge in [0.2, 0.25) is 5.91 Å². The maximum atomic E-state index is 12.1. The van der Waals surface area contributed by atoms with E-state index in [1.807, 2.05) is 12.1 Å². The molecule has 1 aromatic rings. The molecule has 2 rings (SSSR count). The summed E-state index contributed by atoms with van der Waals surface area (Å²) in [5.74, 6) is 1.27. The number of hydrogen-bond acceptors (Lipinski definition) is 1. The second-order valence-electron chi connectivity index (χ2n) is 5.80. The molecule has 0 aromatic heterocycles. The summed E-state index contributed by atoms with van der Waals surface area (Å²) in [4.78, 5) is 12.1. The monoisotopic (exact) mass is 293 g/mol. The Morgan fingerprint density at radius 2 is 2.05 bits per heavy atom. The molecule has 1 aliphatic rings. The number of carbonyl (C=O) groups is 1. The molecule has 1 amide bonds. The highest BCUT2D eigenvalue weighted by Gasteiger charge is 2.25. The number of hydrogen-bond donors (Lipinski definition) is 1. The van der Waals surface area contributed by atoms with Gasteiger partial charge in [-0.2, -0.15) is 0 Å². The third-order valence-electron chi connectivity index (χ3n) is 4.34. The maximum Gasteiger partial charge on any atom is 0.220 e. The first-order chi connectivity index (χ1) is 9.70. The van der Waals surface area contributed by atoms with E-state index < -0.39 is 0 Å². The van der Waals surface area contributed by atoms with E-state index in [0.717, 1.165) is 19.3 Å². The minimum atomic E-state index is 0.162. The molecule has 1 aromatic carbocycles. The lowest BCUT2D eigenvalue weighted by molar-refractivity contribution is -0.122. The lowest BCUT2D eigenvalue weighted by Gasteiger charge is -2.30. The highest BCUT2D eigenvalue weighted by molar-refractivity contribution is 6.18. The molecule has 1 N–H and O–H groups in total. The van der Waals surface area contributed by atoms with Crippen molar-refractivity contribution in [2.24, 2.45) is 5.92 Å². The fourth-order valence-corrected chi connectivity index (χ4v) is 3.37. The van der Waals surface area contributed by atoms with E-state index in [9.17, 15) is 4.79 Å². The first-order valence-corrected chi connectivity index (χ1v) is 8.14. The lowest BCUT2D eigenvalue weighted by atomic mass is 9.85. The molecular weight excluding hydrogens is 270 g/mol. The summed E-state index contributed by atoms with van der Waals surface area (Å²) >= 11 is 6.00. The van der Waals surface area contributed by atoms with Crippen molar-refractivity contribution in [2.45, 2.75) is 51.5 Å². The summed E-state index contributed by atoms with van der Waals surface area (Å²) in [5.41, 5.74) is 2.52. The number of amides is 1. The Hall–Kier alpha value is -1.02. The van der Waals surface area contributed by atoms with Crippen molar-refractivity contribution in [1.82, 2.24) is 5.32 Å². The van der Waals surface area contributed by atoms with Crippen LogP contribution in [0.3, 0.4) is 0 Å². The zero-order valence-corrected chi connectivity index (χ0v) is 13.0. The van der Waals surface area contributed by atoms with Crippen molar-refractivity contribution in [3.63, 3.8) is 0 Å². The van der Waals surface area contributed by atoms with E-state index in [4.69, 9.17) is 11.6 Å². The van der Waals surface area contributed by atoms with Gasteiger partial charge in [-0.15, -0.1) is 11.6 Å². The van der Waals surface area contributed by atoms with Gasteiger partial charge in [-0.05, 0) is 43.2 Å². The summed E-state index contributed by atoms with van der Waals surface area (Å²) in [7, 11) is 0. The summed E-state index contributed by atoms with van der Waals surface area (Å²) in [6, 6.07) is 8.55. The second kappa shape index (κ2) is 7.68. The van der Waals surface area contributed by atoms with Gasteiger partial charge >= 0.3 is 0 Å². The molecule has 0 heterocycles. The van der Waals surface area contributed by atoms with E-state index in [1.54, 1.807) is 0 Å². The molecule has 110 valence electrons. The van der Waals surface area contributed by atoms with Gasteiger partial charge in [-0.3, -0.25) is 4.79 Å². The zero-order chi connectivity index (χ0) is 14.4. The van der Waals surface area contributed by atoms with Gasteiger partial charge in [0, 0.05) is 18.3 Å². The van der Waals surface area contributed by atoms with Crippen LogP contribution in [0.1, 0.15) is 43.2 Å². The number of benzene rings is 1. The van der Waals surface area contributed by atoms with Crippen LogP contribution in [0, 0.1) is 12.8 Å². The Kier molecular flexibility index (Phi) is 5.90. The number of aryl methyl sites for hydroxylation is 2. The first-order valence-electron chi connectivity index (χ1n) is 7.60. The van der Waals surface area contributed by atoms with Crippen LogP contribution < -0.4 is 5.32 Å². The Morgan fingerprint density at radius 3 is 2.80 bits per heavy atom. The van der Waals surface area contributed by atoms with Gasteiger partial charge < -0.3 is 5.32 Å². The molecule has 2 atom stereocenters. The number of carbonyl (C=O) groups excluding carboxylic acids is 1. The average molecular weight is 294 g/mol. The van der Waals surface area contributed by atoms with Crippen molar-refractivity contribution in [3.8, 4) is 0 Å². The van der Waals surface area contributed by atoms with Crippen LogP contribution in [-0.4, -0.2) is 17.8 Å². The van der Waals surface area contributed by atoms with E-state index in [0.29, 0.717) is 18.2 Å². The molecule has 0 saturated heterocycles. The van der Waals surface area contributed by atoms with Gasteiger partial charge in [0.05, 0.1) is 0 Å². The van der Waals surface area contributed by atoms with Crippen LogP contribution in [0.2, 0.25) is 0 Å². The Morgan fingerprint density at radius 1 is 1.30 bits per heavy atom. The van der Waals surface area contributed by atoms with Crippen molar-refractivity contribution in [3.05, 3.63) is 35.4 Å². The molecule has 3 heteroatoms. The third kappa shape index (κ3) is 4.24. The SMILES string of the molecule is Cc1ccccc1CCC(=O)NC1CCCCC1CCl. The van der Waals surface area contributed by atoms with Crippen LogP contribution in [0.15, 0.2) is 24.3 Å². The highest BCUT2D eigenvalue weighted by atomic mass is 35.5. The van der Waals surface area contributed by atoms with Crippen molar-refractivity contribution >= 4 is 17.5 Å². The molecule has 0 bridgehead atoms. The number of nitrogens with one attached hydrogen (secondary N) is 1. The van der Waals surface area contributed by atoms with Crippen LogP contribution in [0.25, 0.3) is 0 Å². The Bertz CT molecular complexity index is 446. The Balaban J connectivity index is 1.82. The number of alkyl halides is 1. The van der Waals surface area contributed by atoms with Gasteiger partial charge in [-0.1, -0.05) is 37.1 Å². The molecule has 0 aliphatic heterocycles. The van der Waals surface area contributed by atoms with Crippen LogP contribution >= 0.6 is 11.6 Å². The fourth-order valence-electron chi connectivity index (χ4n) is 3.00. The highest BCUT2D eigenvalue weighted by Crippen LogP contribution is 2.25. The average Bonchev–Trinajstić information content (AvgIpc) is 2.47. The van der Waals surface area contributed by atoms with Crippen molar-refractivity contribution < 1.29 is 4.79 Å². The van der Waals surface area contributed by atoms with Crippen LogP contribution in [0.5, 0.6) is 0 Å². The predicted octanol–water partition coefficient (Wildman–Crippen LogP) is 3.84. The van der Waals surface area contributed by atoms with E-state index >= 15 is 0 Å². The van der Waals surface area contributed by atoms with E-state index in [-0.39, 0.29) is 11.9 Å². The largest absolute Gasteiger partial charge is 0.353 e. The van der Waals surface area contributed by atoms with Gasteiger partial charge in [0.25, 0.3) is 0 Å². The summed E-state index contributed by atoms with van der Waals surface area (Å²) in [5, 5.41) is 3.19. The van der Waals surface area contributed by atoms with Crippen molar-refractivity contribution in [1.29, 1.82) is 0 Å². The van der Waals surface area contributed by atoms with Crippen molar-refractivity contribution in [2.75, 3.05) is 5.88 Å². The normalized spacial score (nSPS) is 22.5. The van der Waals surface area contributed by atoms with Crippen LogP contribution in [-0.2, 0) is 11.2 Å². The second-order valence-corrected chi connectivity index (χ2v) is 6.11. The molecule has 2 nitrogen and oxygen atoms in total. The van der Waals surface area contributed by atoms with Gasteiger partial charge in [0.15, 0.2) is 0 Å². The minimum Gasteiger partial charge on any atom is -0.353 e.